The predicted molar refractivity (Wildman–Crippen MR) is 56.4 cm³/mol. The van der Waals surface area contributed by atoms with E-state index >= 15 is 0 Å². The van der Waals surface area contributed by atoms with Crippen LogP contribution >= 0.6 is 0 Å². The van der Waals surface area contributed by atoms with Gasteiger partial charge < -0.3 is 14.8 Å². The fourth-order valence-corrected chi connectivity index (χ4v) is 2.20. The predicted octanol–water partition coefficient (Wildman–Crippen LogP) is -0.112. The van der Waals surface area contributed by atoms with Gasteiger partial charge in [-0.05, 0) is 12.1 Å². The van der Waals surface area contributed by atoms with Crippen LogP contribution in [-0.4, -0.2) is 38.2 Å². The van der Waals surface area contributed by atoms with Crippen LogP contribution in [0.25, 0.3) is 0 Å². The molecule has 7 nitrogen and oxygen atoms in total. The maximum atomic E-state index is 11.6. The Balaban J connectivity index is 2.82. The van der Waals surface area contributed by atoms with Crippen LogP contribution in [0.15, 0.2) is 21.6 Å². The summed E-state index contributed by atoms with van der Waals surface area (Å²) in [6.07, 6.45) is -0.206. The summed E-state index contributed by atoms with van der Waals surface area (Å²) in [4.78, 5) is 21.4. The molecule has 0 aliphatic carbocycles. The third-order valence-corrected chi connectivity index (χ3v) is 3.55. The van der Waals surface area contributed by atoms with Gasteiger partial charge in [0.25, 0.3) is 0 Å². The number of carboxylic acid groups (broad SMARTS) is 1. The molecule has 1 rings (SSSR count). The van der Waals surface area contributed by atoms with Crippen LogP contribution in [0.2, 0.25) is 0 Å². The van der Waals surface area contributed by atoms with Crippen LogP contribution in [-0.2, 0) is 14.6 Å². The van der Waals surface area contributed by atoms with E-state index in [1.807, 2.05) is 0 Å². The van der Waals surface area contributed by atoms with E-state index < -0.39 is 38.3 Å². The number of carbonyl (C=O) groups excluding carboxylic acids is 1. The number of sulfone groups is 1. The molecule has 0 radical (unpaired) electrons. The van der Waals surface area contributed by atoms with Gasteiger partial charge in [0, 0.05) is 13.5 Å². The van der Waals surface area contributed by atoms with Crippen LogP contribution in [0.4, 0.5) is 0 Å². The van der Waals surface area contributed by atoms with E-state index in [9.17, 15) is 18.0 Å². The molecule has 1 aromatic rings. The summed E-state index contributed by atoms with van der Waals surface area (Å²) in [5.74, 6) is -2.65. The Labute approximate surface area is 97.3 Å². The molecule has 1 amide bonds. The number of nitrogens with one attached hydrogen (secondary N) is 1. The number of hydrogen-bond donors (Lipinski definition) is 2. The molecule has 0 saturated heterocycles. The van der Waals surface area contributed by atoms with Crippen LogP contribution in [0.1, 0.15) is 17.0 Å². The lowest BCUT2D eigenvalue weighted by atomic mass is 10.5. The molecule has 2 N–H and O–H groups in total. The molecule has 0 bridgehead atoms. The normalized spacial score (nSPS) is 11.1. The summed E-state index contributed by atoms with van der Waals surface area (Å²) >= 11 is 0. The number of furan rings is 1. The molecule has 94 valence electrons. The largest absolute Gasteiger partial charge is 0.475 e. The molecule has 0 aliphatic rings. The van der Waals surface area contributed by atoms with Crippen LogP contribution < -0.4 is 5.32 Å². The lowest BCUT2D eigenvalue weighted by molar-refractivity contribution is -0.120. The number of aromatic carboxylic acids is 1. The number of carboxylic acids is 1. The van der Waals surface area contributed by atoms with E-state index in [0.717, 1.165) is 12.1 Å². The topological polar surface area (TPSA) is 114 Å². The zero-order valence-electron chi connectivity index (χ0n) is 8.97. The standard InChI is InChI=1S/C9H11NO6S/c1-10-7(11)4-5-17(14,15)8-3-2-6(16-8)9(12)13/h2-3H,4-5H2,1H3,(H,10,11)(H,12,13). The molecule has 0 fully saturated rings. The summed E-state index contributed by atoms with van der Waals surface area (Å²) in [7, 11) is -2.38. The smallest absolute Gasteiger partial charge is 0.371 e. The zero-order valence-corrected chi connectivity index (χ0v) is 9.78. The Morgan fingerprint density at radius 1 is 1.41 bits per heavy atom. The molecule has 0 spiro atoms. The van der Waals surface area contributed by atoms with Crippen molar-refractivity contribution in [3.05, 3.63) is 17.9 Å². The highest BCUT2D eigenvalue weighted by Crippen LogP contribution is 2.16. The van der Waals surface area contributed by atoms with Gasteiger partial charge in [-0.1, -0.05) is 0 Å². The summed E-state index contributed by atoms with van der Waals surface area (Å²) in [6.45, 7) is 0. The maximum absolute atomic E-state index is 11.6. The van der Waals surface area contributed by atoms with E-state index in [0.29, 0.717) is 0 Å². The van der Waals surface area contributed by atoms with Gasteiger partial charge in [0.2, 0.25) is 26.6 Å². The molecule has 0 aliphatic heterocycles. The van der Waals surface area contributed by atoms with Crippen molar-refractivity contribution >= 4 is 21.7 Å². The first kappa shape index (κ1) is 13.2. The minimum absolute atomic E-state index is 0.206. The molecule has 0 unspecified atom stereocenters. The number of amides is 1. The second-order valence-electron chi connectivity index (χ2n) is 3.17. The van der Waals surface area contributed by atoms with Gasteiger partial charge in [-0.3, -0.25) is 4.79 Å². The van der Waals surface area contributed by atoms with E-state index in [4.69, 9.17) is 5.11 Å². The summed E-state index contributed by atoms with van der Waals surface area (Å²) in [5, 5.41) is 10.4. The van der Waals surface area contributed by atoms with Crippen molar-refractivity contribution < 1.29 is 27.5 Å². The third kappa shape index (κ3) is 3.31. The third-order valence-electron chi connectivity index (χ3n) is 1.98. The monoisotopic (exact) mass is 261 g/mol. The van der Waals surface area contributed by atoms with Crippen LogP contribution in [0.3, 0.4) is 0 Å². The molecule has 0 aromatic carbocycles. The lowest BCUT2D eigenvalue weighted by Gasteiger charge is -2.00. The Morgan fingerprint density at radius 3 is 2.53 bits per heavy atom. The van der Waals surface area contributed by atoms with Gasteiger partial charge in [-0.2, -0.15) is 0 Å². The SMILES string of the molecule is CNC(=O)CCS(=O)(=O)c1ccc(C(=O)O)o1. The van der Waals surface area contributed by atoms with Gasteiger partial charge in [-0.25, -0.2) is 13.2 Å². The Bertz CT molecular complexity index is 529. The number of hydrogen-bond acceptors (Lipinski definition) is 5. The van der Waals surface area contributed by atoms with Gasteiger partial charge in [0.1, 0.15) is 0 Å². The van der Waals surface area contributed by atoms with Gasteiger partial charge in [-0.15, -0.1) is 0 Å². The average molecular weight is 261 g/mol. The molecule has 1 aromatic heterocycles. The van der Waals surface area contributed by atoms with E-state index in [-0.39, 0.29) is 6.42 Å². The highest BCUT2D eigenvalue weighted by molar-refractivity contribution is 7.91. The van der Waals surface area contributed by atoms with Crippen molar-refractivity contribution in [2.45, 2.75) is 11.5 Å². The Hall–Kier alpha value is -1.83. The molecular weight excluding hydrogens is 250 g/mol. The fraction of sp³-hybridized carbons (Fsp3) is 0.333. The number of carbonyl (C=O) groups is 2. The lowest BCUT2D eigenvalue weighted by Crippen LogP contribution is -2.21. The molecular formula is C9H11NO6S. The Kier molecular flexibility index (Phi) is 3.89. The summed E-state index contributed by atoms with van der Waals surface area (Å²) in [5.41, 5.74) is 0. The quantitative estimate of drug-likeness (QED) is 0.764. The minimum Gasteiger partial charge on any atom is -0.475 e. The molecule has 17 heavy (non-hydrogen) atoms. The first-order valence-electron chi connectivity index (χ1n) is 4.63. The van der Waals surface area contributed by atoms with Gasteiger partial charge in [0.15, 0.2) is 0 Å². The molecule has 0 atom stereocenters. The first-order valence-corrected chi connectivity index (χ1v) is 6.28. The second-order valence-corrected chi connectivity index (χ2v) is 5.21. The number of rotatable bonds is 5. The van der Waals surface area contributed by atoms with Crippen molar-refractivity contribution in [2.24, 2.45) is 0 Å². The van der Waals surface area contributed by atoms with E-state index in [2.05, 4.69) is 9.73 Å². The fourth-order valence-electron chi connectivity index (χ4n) is 1.05. The average Bonchev–Trinajstić information content (AvgIpc) is 2.76. The van der Waals surface area contributed by atoms with Crippen molar-refractivity contribution in [3.63, 3.8) is 0 Å². The van der Waals surface area contributed by atoms with Crippen molar-refractivity contribution in [1.29, 1.82) is 0 Å². The maximum Gasteiger partial charge on any atom is 0.371 e. The van der Waals surface area contributed by atoms with Gasteiger partial charge in [0.05, 0.1) is 5.75 Å². The van der Waals surface area contributed by atoms with Crippen molar-refractivity contribution in [3.8, 4) is 0 Å². The zero-order chi connectivity index (χ0) is 13.1. The highest BCUT2D eigenvalue weighted by atomic mass is 32.2. The van der Waals surface area contributed by atoms with Crippen LogP contribution in [0.5, 0.6) is 0 Å². The van der Waals surface area contributed by atoms with Gasteiger partial charge >= 0.3 is 5.97 Å². The second kappa shape index (κ2) is 5.00. The highest BCUT2D eigenvalue weighted by Gasteiger charge is 2.21. The molecule has 1 heterocycles. The summed E-state index contributed by atoms with van der Waals surface area (Å²) in [6, 6.07) is 2.11. The van der Waals surface area contributed by atoms with Crippen LogP contribution in [0, 0.1) is 0 Å². The van der Waals surface area contributed by atoms with Crippen molar-refractivity contribution in [2.75, 3.05) is 12.8 Å². The molecule has 8 heteroatoms. The first-order chi connectivity index (χ1) is 7.86. The van der Waals surface area contributed by atoms with E-state index in [1.165, 1.54) is 7.05 Å². The van der Waals surface area contributed by atoms with E-state index in [1.54, 1.807) is 0 Å². The minimum atomic E-state index is -3.77. The molecule has 0 saturated carbocycles. The summed E-state index contributed by atoms with van der Waals surface area (Å²) < 4.78 is 27.9. The Morgan fingerprint density at radius 2 is 2.06 bits per heavy atom. The van der Waals surface area contributed by atoms with Crippen molar-refractivity contribution in [1.82, 2.24) is 5.32 Å².